The van der Waals surface area contributed by atoms with Crippen LogP contribution in [0.1, 0.15) is 18.4 Å². The van der Waals surface area contributed by atoms with Crippen molar-refractivity contribution in [3.8, 4) is 6.07 Å². The largest absolute Gasteiger partial charge is 0.381 e. The molecular weight excluding hydrogens is 413 g/mol. The van der Waals surface area contributed by atoms with Crippen LogP contribution in [0.15, 0.2) is 35.4 Å². The zero-order valence-corrected chi connectivity index (χ0v) is 17.6. The predicted octanol–water partition coefficient (Wildman–Crippen LogP) is 2.90. The number of nitrogens with zero attached hydrogens (tertiary/aromatic N) is 6. The van der Waals surface area contributed by atoms with Crippen LogP contribution in [0.4, 0.5) is 16.0 Å². The molecule has 10 heteroatoms. The highest BCUT2D eigenvalue weighted by Crippen LogP contribution is 2.32. The molecule has 4 aromatic rings. The molecule has 0 saturated carbocycles. The summed E-state index contributed by atoms with van der Waals surface area (Å²) in [6.07, 6.45) is 3.87. The van der Waals surface area contributed by atoms with Crippen molar-refractivity contribution in [1.82, 2.24) is 24.1 Å². The molecule has 0 radical (unpaired) electrons. The van der Waals surface area contributed by atoms with Crippen LogP contribution in [0.5, 0.6) is 0 Å². The number of rotatable bonds is 3. The Balaban J connectivity index is 1.66. The highest BCUT2D eigenvalue weighted by atomic mass is 19.1. The van der Waals surface area contributed by atoms with Crippen LogP contribution in [-0.4, -0.2) is 37.3 Å². The lowest BCUT2D eigenvalue weighted by molar-refractivity contribution is 0.0448. The molecule has 162 valence electrons. The number of benzene rings is 1. The van der Waals surface area contributed by atoms with E-state index in [4.69, 9.17) is 4.74 Å². The molecule has 0 bridgehead atoms. The second kappa shape index (κ2) is 7.39. The summed E-state index contributed by atoms with van der Waals surface area (Å²) in [6, 6.07) is 7.32. The van der Waals surface area contributed by atoms with Crippen molar-refractivity contribution < 1.29 is 9.13 Å². The van der Waals surface area contributed by atoms with E-state index in [-0.39, 0.29) is 17.3 Å². The van der Waals surface area contributed by atoms with Gasteiger partial charge in [0.15, 0.2) is 5.65 Å². The number of pyridine rings is 1. The molecule has 1 fully saturated rings. The van der Waals surface area contributed by atoms with Crippen LogP contribution in [0.3, 0.4) is 0 Å². The molecule has 32 heavy (non-hydrogen) atoms. The van der Waals surface area contributed by atoms with Gasteiger partial charge in [0.1, 0.15) is 16.9 Å². The van der Waals surface area contributed by atoms with E-state index < -0.39 is 11.4 Å². The molecule has 0 atom stereocenters. The number of aromatic nitrogens is 5. The van der Waals surface area contributed by atoms with Gasteiger partial charge >= 0.3 is 5.69 Å². The van der Waals surface area contributed by atoms with E-state index in [1.165, 1.54) is 21.4 Å². The van der Waals surface area contributed by atoms with E-state index in [0.29, 0.717) is 48.3 Å². The number of nitriles is 1. The number of nitrogens with one attached hydrogen (secondary N) is 1. The maximum absolute atomic E-state index is 14.9. The van der Waals surface area contributed by atoms with Gasteiger partial charge < -0.3 is 10.1 Å². The topological polar surface area (TPSA) is 111 Å². The fraction of sp³-hybridized carbons (Fsp3) is 0.318. The maximum atomic E-state index is 14.9. The van der Waals surface area contributed by atoms with Gasteiger partial charge in [-0.3, -0.25) is 14.1 Å². The highest BCUT2D eigenvalue weighted by Gasteiger charge is 2.38. The van der Waals surface area contributed by atoms with Crippen molar-refractivity contribution in [2.75, 3.05) is 18.5 Å². The summed E-state index contributed by atoms with van der Waals surface area (Å²) in [6.45, 7) is 2.54. The van der Waals surface area contributed by atoms with E-state index in [2.05, 4.69) is 26.3 Å². The predicted molar refractivity (Wildman–Crippen MR) is 116 cm³/mol. The zero-order valence-electron chi connectivity index (χ0n) is 17.6. The van der Waals surface area contributed by atoms with Crippen LogP contribution >= 0.6 is 0 Å². The number of fused-ring (bicyclic) bond motifs is 2. The first-order valence-electron chi connectivity index (χ1n) is 10.2. The molecule has 1 aliphatic heterocycles. The smallest absolute Gasteiger partial charge is 0.331 e. The number of imidazole rings is 1. The van der Waals surface area contributed by atoms with E-state index in [0.717, 1.165) is 5.39 Å². The van der Waals surface area contributed by atoms with Gasteiger partial charge in [-0.25, -0.2) is 14.2 Å². The van der Waals surface area contributed by atoms with E-state index in [1.54, 1.807) is 26.2 Å². The van der Waals surface area contributed by atoms with Gasteiger partial charge in [0, 0.05) is 50.8 Å². The molecule has 9 nitrogen and oxygen atoms in total. The Bertz CT molecular complexity index is 1460. The Morgan fingerprint density at radius 1 is 1.31 bits per heavy atom. The van der Waals surface area contributed by atoms with Crippen LogP contribution < -0.4 is 11.0 Å². The van der Waals surface area contributed by atoms with Gasteiger partial charge in [0.25, 0.3) is 0 Å². The highest BCUT2D eigenvalue weighted by molar-refractivity contribution is 5.88. The Kier molecular flexibility index (Phi) is 4.64. The summed E-state index contributed by atoms with van der Waals surface area (Å²) in [5.74, 6) is -0.358. The number of anilines is 2. The van der Waals surface area contributed by atoms with Crippen LogP contribution in [0.25, 0.3) is 22.1 Å². The third-order valence-corrected chi connectivity index (χ3v) is 6.11. The number of aryl methyl sites for hydroxylation is 2. The van der Waals surface area contributed by atoms with E-state index >= 15 is 0 Å². The van der Waals surface area contributed by atoms with Gasteiger partial charge in [0.05, 0.1) is 23.5 Å². The summed E-state index contributed by atoms with van der Waals surface area (Å²) in [5, 5.41) is 13.7. The summed E-state index contributed by atoms with van der Waals surface area (Å²) in [5.41, 5.74) is 0.846. The van der Waals surface area contributed by atoms with Gasteiger partial charge in [-0.1, -0.05) is 6.07 Å². The summed E-state index contributed by atoms with van der Waals surface area (Å²) < 4.78 is 23.1. The Hall–Kier alpha value is -3.84. The molecule has 0 amide bonds. The van der Waals surface area contributed by atoms with Crippen molar-refractivity contribution in [3.63, 3.8) is 0 Å². The van der Waals surface area contributed by atoms with E-state index in [1.807, 2.05) is 6.07 Å². The number of hydrogen-bond donors (Lipinski definition) is 1. The molecule has 1 saturated heterocycles. The number of ether oxygens (including phenoxy) is 1. The SMILES string of the molecule is Cc1c(Nc2ncc3c(n2)n(C2(C#N)CCOCC2)c(=O)n3C)c(F)cc2ncccc12. The van der Waals surface area contributed by atoms with Crippen LogP contribution in [-0.2, 0) is 17.3 Å². The van der Waals surface area contributed by atoms with Crippen molar-refractivity contribution in [3.05, 3.63) is 52.5 Å². The first-order valence-corrected chi connectivity index (χ1v) is 10.2. The zero-order chi connectivity index (χ0) is 22.5. The van der Waals surface area contributed by atoms with Crippen molar-refractivity contribution in [2.45, 2.75) is 25.3 Å². The molecule has 1 N–H and O–H groups in total. The maximum Gasteiger partial charge on any atom is 0.331 e. The normalized spacial score (nSPS) is 15.7. The Labute approximate surface area is 182 Å². The minimum absolute atomic E-state index is 0.127. The first-order chi connectivity index (χ1) is 15.4. The fourth-order valence-corrected chi connectivity index (χ4v) is 4.27. The summed E-state index contributed by atoms with van der Waals surface area (Å²) >= 11 is 0. The average Bonchev–Trinajstić information content (AvgIpc) is 3.07. The quantitative estimate of drug-likeness (QED) is 0.529. The summed E-state index contributed by atoms with van der Waals surface area (Å²) in [7, 11) is 1.61. The molecule has 5 rings (SSSR count). The van der Waals surface area contributed by atoms with E-state index in [9.17, 15) is 14.4 Å². The number of halogens is 1. The molecule has 0 aliphatic carbocycles. The number of hydrogen-bond acceptors (Lipinski definition) is 7. The molecule has 0 unspecified atom stereocenters. The van der Waals surface area contributed by atoms with Crippen LogP contribution in [0, 0.1) is 24.1 Å². The van der Waals surface area contributed by atoms with Crippen molar-refractivity contribution in [1.29, 1.82) is 5.26 Å². The van der Waals surface area contributed by atoms with Gasteiger partial charge in [0.2, 0.25) is 5.95 Å². The molecule has 0 spiro atoms. The van der Waals surface area contributed by atoms with Gasteiger partial charge in [-0.2, -0.15) is 10.2 Å². The summed E-state index contributed by atoms with van der Waals surface area (Å²) in [4.78, 5) is 26.1. The minimum atomic E-state index is -1.06. The lowest BCUT2D eigenvalue weighted by Gasteiger charge is -2.31. The lowest BCUT2D eigenvalue weighted by Crippen LogP contribution is -2.44. The molecule has 1 aromatic carbocycles. The van der Waals surface area contributed by atoms with Gasteiger partial charge in [-0.15, -0.1) is 0 Å². The third-order valence-electron chi connectivity index (χ3n) is 6.11. The standard InChI is InChI=1S/C22H20FN7O2/c1-13-14-4-3-7-25-16(14)10-15(23)18(13)27-20-26-11-17-19(28-20)30(21(31)29(17)2)22(12-24)5-8-32-9-6-22/h3-4,7,10-11H,5-6,8-9H2,1-2H3,(H,26,27,28). The van der Waals surface area contributed by atoms with Gasteiger partial charge in [-0.05, 0) is 18.6 Å². The van der Waals surface area contributed by atoms with Crippen LogP contribution in [0.2, 0.25) is 0 Å². The third kappa shape index (κ3) is 2.93. The second-order valence-corrected chi connectivity index (χ2v) is 7.89. The molecule has 4 heterocycles. The van der Waals surface area contributed by atoms with Crippen molar-refractivity contribution in [2.24, 2.45) is 7.05 Å². The molecule has 3 aromatic heterocycles. The monoisotopic (exact) mass is 433 g/mol. The lowest BCUT2D eigenvalue weighted by atomic mass is 9.91. The molecular formula is C22H20FN7O2. The average molecular weight is 433 g/mol. The Morgan fingerprint density at radius 2 is 2.09 bits per heavy atom. The Morgan fingerprint density at radius 3 is 2.84 bits per heavy atom. The minimum Gasteiger partial charge on any atom is -0.381 e. The fourth-order valence-electron chi connectivity index (χ4n) is 4.27. The first kappa shape index (κ1) is 20.1. The second-order valence-electron chi connectivity index (χ2n) is 7.89. The van der Waals surface area contributed by atoms with Crippen molar-refractivity contribution >= 4 is 33.7 Å². The molecule has 1 aliphatic rings.